The number of carbonyl (C=O) groups is 1. The third kappa shape index (κ3) is 4.16. The maximum Gasteiger partial charge on any atom is 0.276 e. The van der Waals surface area contributed by atoms with Crippen LogP contribution in [0.25, 0.3) is 0 Å². The van der Waals surface area contributed by atoms with Crippen molar-refractivity contribution in [1.82, 2.24) is 9.88 Å². The largest absolute Gasteiger partial charge is 0.505 e. The number of pyridine rings is 1. The Bertz CT molecular complexity index is 410. The van der Waals surface area contributed by atoms with Crippen LogP contribution in [0.5, 0.6) is 5.75 Å². The van der Waals surface area contributed by atoms with Crippen molar-refractivity contribution in [1.29, 1.82) is 0 Å². The first-order valence-corrected chi connectivity index (χ1v) is 5.47. The van der Waals surface area contributed by atoms with Gasteiger partial charge in [-0.1, -0.05) is 13.8 Å². The summed E-state index contributed by atoms with van der Waals surface area (Å²) in [5.41, 5.74) is 5.53. The smallest absolute Gasteiger partial charge is 0.276 e. The molecule has 0 bridgehead atoms. The van der Waals surface area contributed by atoms with Gasteiger partial charge in [0.05, 0.1) is 0 Å². The highest BCUT2D eigenvalue weighted by Gasteiger charge is 2.23. The lowest BCUT2D eigenvalue weighted by Crippen LogP contribution is -2.40. The standard InChI is InChI=1S/C12H19N3O2.ClH/c1-12(2,7-13)8-15(3)11(17)10-9(16)5-4-6-14-10;/h4-6,16H,7-8,13H2,1-3H3;1H. The van der Waals surface area contributed by atoms with E-state index in [4.69, 9.17) is 5.73 Å². The second-order valence-electron chi connectivity index (χ2n) is 4.90. The zero-order chi connectivity index (χ0) is 13.1. The zero-order valence-electron chi connectivity index (χ0n) is 10.9. The van der Waals surface area contributed by atoms with Crippen LogP contribution in [-0.4, -0.2) is 41.0 Å². The van der Waals surface area contributed by atoms with Gasteiger partial charge in [0.15, 0.2) is 5.69 Å². The third-order valence-corrected chi connectivity index (χ3v) is 2.55. The molecule has 6 heteroatoms. The number of hydrogen-bond donors (Lipinski definition) is 2. The van der Waals surface area contributed by atoms with Crippen molar-refractivity contribution >= 4 is 18.3 Å². The summed E-state index contributed by atoms with van der Waals surface area (Å²) in [5, 5.41) is 9.55. The normalized spacial score (nSPS) is 10.7. The molecule has 0 fully saturated rings. The molecule has 0 aliphatic rings. The third-order valence-electron chi connectivity index (χ3n) is 2.55. The van der Waals surface area contributed by atoms with Gasteiger partial charge < -0.3 is 15.7 Å². The van der Waals surface area contributed by atoms with Gasteiger partial charge >= 0.3 is 0 Å². The first kappa shape index (κ1) is 16.7. The van der Waals surface area contributed by atoms with Gasteiger partial charge in [-0.25, -0.2) is 4.98 Å². The van der Waals surface area contributed by atoms with Crippen molar-refractivity contribution in [2.75, 3.05) is 20.1 Å². The van der Waals surface area contributed by atoms with Crippen molar-refractivity contribution in [2.24, 2.45) is 11.1 Å². The SMILES string of the molecule is CN(CC(C)(C)CN)C(=O)c1ncccc1O.Cl. The van der Waals surface area contributed by atoms with Crippen molar-refractivity contribution < 1.29 is 9.90 Å². The maximum atomic E-state index is 12.0. The van der Waals surface area contributed by atoms with Gasteiger partial charge in [-0.2, -0.15) is 0 Å². The van der Waals surface area contributed by atoms with Crippen LogP contribution in [-0.2, 0) is 0 Å². The van der Waals surface area contributed by atoms with E-state index in [-0.39, 0.29) is 35.2 Å². The Hall–Kier alpha value is -1.33. The molecule has 0 atom stereocenters. The number of hydrogen-bond acceptors (Lipinski definition) is 4. The fraction of sp³-hybridized carbons (Fsp3) is 0.500. The van der Waals surface area contributed by atoms with E-state index in [0.717, 1.165) is 0 Å². The summed E-state index contributed by atoms with van der Waals surface area (Å²) in [5.74, 6) is -0.403. The molecule has 0 saturated heterocycles. The van der Waals surface area contributed by atoms with E-state index in [0.29, 0.717) is 13.1 Å². The highest BCUT2D eigenvalue weighted by atomic mass is 35.5. The molecule has 1 rings (SSSR count). The maximum absolute atomic E-state index is 12.0. The monoisotopic (exact) mass is 273 g/mol. The van der Waals surface area contributed by atoms with Crippen LogP contribution in [0.15, 0.2) is 18.3 Å². The van der Waals surface area contributed by atoms with Crippen LogP contribution in [0.4, 0.5) is 0 Å². The van der Waals surface area contributed by atoms with Crippen LogP contribution in [0.1, 0.15) is 24.3 Å². The molecule has 18 heavy (non-hydrogen) atoms. The minimum atomic E-state index is -0.301. The number of nitrogens with zero attached hydrogens (tertiary/aromatic N) is 2. The van der Waals surface area contributed by atoms with E-state index in [1.165, 1.54) is 17.2 Å². The lowest BCUT2D eigenvalue weighted by atomic mass is 9.93. The molecule has 0 aromatic carbocycles. The van der Waals surface area contributed by atoms with E-state index in [9.17, 15) is 9.90 Å². The Kier molecular flexibility index (Phi) is 6.08. The highest BCUT2D eigenvalue weighted by molar-refractivity contribution is 5.94. The molecule has 0 unspecified atom stereocenters. The van der Waals surface area contributed by atoms with E-state index < -0.39 is 0 Å². The van der Waals surface area contributed by atoms with E-state index >= 15 is 0 Å². The van der Waals surface area contributed by atoms with Crippen LogP contribution >= 0.6 is 12.4 Å². The predicted molar refractivity (Wildman–Crippen MR) is 72.9 cm³/mol. The molecular formula is C12H20ClN3O2. The Morgan fingerprint density at radius 1 is 1.56 bits per heavy atom. The summed E-state index contributed by atoms with van der Waals surface area (Å²) >= 11 is 0. The average molecular weight is 274 g/mol. The number of rotatable bonds is 4. The molecule has 1 aromatic rings. The van der Waals surface area contributed by atoms with Gasteiger partial charge in [0.2, 0.25) is 0 Å². The van der Waals surface area contributed by atoms with Crippen LogP contribution in [0, 0.1) is 5.41 Å². The lowest BCUT2D eigenvalue weighted by molar-refractivity contribution is 0.0731. The summed E-state index contributed by atoms with van der Waals surface area (Å²) in [4.78, 5) is 17.4. The number of halogens is 1. The first-order valence-electron chi connectivity index (χ1n) is 5.47. The molecule has 102 valence electrons. The molecular weight excluding hydrogens is 254 g/mol. The zero-order valence-corrected chi connectivity index (χ0v) is 11.7. The van der Waals surface area contributed by atoms with Gasteiger partial charge in [-0.15, -0.1) is 12.4 Å². The number of amides is 1. The molecule has 0 aliphatic heterocycles. The average Bonchev–Trinajstić information content (AvgIpc) is 2.28. The minimum Gasteiger partial charge on any atom is -0.505 e. The number of carbonyl (C=O) groups excluding carboxylic acids is 1. The second-order valence-corrected chi connectivity index (χ2v) is 4.90. The fourth-order valence-corrected chi connectivity index (χ4v) is 1.52. The fourth-order valence-electron chi connectivity index (χ4n) is 1.52. The summed E-state index contributed by atoms with van der Waals surface area (Å²) in [6.45, 7) is 4.96. The second kappa shape index (κ2) is 6.56. The lowest BCUT2D eigenvalue weighted by Gasteiger charge is -2.28. The van der Waals surface area contributed by atoms with Crippen molar-refractivity contribution in [3.05, 3.63) is 24.0 Å². The van der Waals surface area contributed by atoms with E-state index in [2.05, 4.69) is 4.98 Å². The molecule has 1 heterocycles. The van der Waals surface area contributed by atoms with E-state index in [1.807, 2.05) is 13.8 Å². The molecule has 1 amide bonds. The quantitative estimate of drug-likeness (QED) is 0.866. The van der Waals surface area contributed by atoms with Crippen LogP contribution in [0.2, 0.25) is 0 Å². The molecule has 0 aliphatic carbocycles. The summed E-state index contributed by atoms with van der Waals surface area (Å²) in [6, 6.07) is 3.03. The Balaban J connectivity index is 0.00000289. The van der Waals surface area contributed by atoms with Gasteiger partial charge in [0.1, 0.15) is 5.75 Å². The van der Waals surface area contributed by atoms with Crippen LogP contribution in [0.3, 0.4) is 0 Å². The molecule has 0 saturated carbocycles. The topological polar surface area (TPSA) is 79.5 Å². The minimum absolute atomic E-state index is 0. The number of aromatic hydroxyl groups is 1. The summed E-state index contributed by atoms with van der Waals surface area (Å²) < 4.78 is 0. The molecule has 1 aromatic heterocycles. The number of nitrogens with two attached hydrogens (primary N) is 1. The van der Waals surface area contributed by atoms with Gasteiger partial charge in [-0.3, -0.25) is 4.79 Å². The predicted octanol–water partition coefficient (Wildman–Crippen LogP) is 1.27. The van der Waals surface area contributed by atoms with Gasteiger partial charge in [0, 0.05) is 19.8 Å². The van der Waals surface area contributed by atoms with Gasteiger partial charge in [0.25, 0.3) is 5.91 Å². The molecule has 3 N–H and O–H groups in total. The van der Waals surface area contributed by atoms with Crippen molar-refractivity contribution in [3.8, 4) is 5.75 Å². The molecule has 0 spiro atoms. The van der Waals surface area contributed by atoms with Crippen molar-refractivity contribution in [2.45, 2.75) is 13.8 Å². The van der Waals surface area contributed by atoms with Crippen molar-refractivity contribution in [3.63, 3.8) is 0 Å². The Labute approximate surface area is 113 Å². The Morgan fingerprint density at radius 3 is 2.67 bits per heavy atom. The Morgan fingerprint density at radius 2 is 2.17 bits per heavy atom. The summed E-state index contributed by atoms with van der Waals surface area (Å²) in [7, 11) is 1.67. The van der Waals surface area contributed by atoms with Gasteiger partial charge in [-0.05, 0) is 24.1 Å². The number of aromatic nitrogens is 1. The molecule has 0 radical (unpaired) electrons. The van der Waals surface area contributed by atoms with Crippen LogP contribution < -0.4 is 5.73 Å². The van der Waals surface area contributed by atoms with E-state index in [1.54, 1.807) is 13.1 Å². The summed E-state index contributed by atoms with van der Waals surface area (Å²) in [6.07, 6.45) is 1.48. The molecule has 5 nitrogen and oxygen atoms in total. The highest BCUT2D eigenvalue weighted by Crippen LogP contribution is 2.18. The first-order chi connectivity index (χ1) is 7.87.